The number of hydrogen-bond donors (Lipinski definition) is 0. The smallest absolute Gasteiger partial charge is 0.369 e. The van der Waals surface area contributed by atoms with Gasteiger partial charge in [-0.05, 0) is 12.0 Å². The van der Waals surface area contributed by atoms with Gasteiger partial charge in [-0.15, -0.1) is 13.2 Å². The number of esters is 1. The summed E-state index contributed by atoms with van der Waals surface area (Å²) in [5.41, 5.74) is 0.633. The van der Waals surface area contributed by atoms with Crippen molar-refractivity contribution >= 4 is 12.0 Å². The summed E-state index contributed by atoms with van der Waals surface area (Å²) < 4.78 is 38.5. The van der Waals surface area contributed by atoms with E-state index in [2.05, 4.69) is 11.3 Å². The third kappa shape index (κ3) is 5.34. The van der Waals surface area contributed by atoms with Gasteiger partial charge in [-0.25, -0.2) is 4.79 Å². The predicted octanol–water partition coefficient (Wildman–Crippen LogP) is 3.71. The molecular weight excluding hydrogens is 245 g/mol. The standard InChI is InChI=1S/C13H11F3O2/c1-10(12(17)18-13(14,15)16)6-5-9-11-7-3-2-4-8-11/h2-5,7-9H,1,6H2. The topological polar surface area (TPSA) is 26.3 Å². The fraction of sp³-hybridized carbons (Fsp3) is 0.154. The highest BCUT2D eigenvalue weighted by Gasteiger charge is 2.34. The maximum Gasteiger partial charge on any atom is 0.575 e. The predicted molar refractivity (Wildman–Crippen MR) is 61.4 cm³/mol. The van der Waals surface area contributed by atoms with Crippen LogP contribution in [0.25, 0.3) is 6.08 Å². The molecule has 0 aliphatic rings. The first-order valence-corrected chi connectivity index (χ1v) is 5.08. The Morgan fingerprint density at radius 3 is 2.44 bits per heavy atom. The Morgan fingerprint density at radius 1 is 1.28 bits per heavy atom. The van der Waals surface area contributed by atoms with Crippen molar-refractivity contribution in [3.05, 3.63) is 54.1 Å². The number of carbonyl (C=O) groups excluding carboxylic acids is 1. The van der Waals surface area contributed by atoms with Crippen molar-refractivity contribution in [2.75, 3.05) is 0 Å². The summed E-state index contributed by atoms with van der Waals surface area (Å²) in [7, 11) is 0. The van der Waals surface area contributed by atoms with Crippen molar-refractivity contribution in [3.8, 4) is 0 Å². The molecule has 0 fully saturated rings. The van der Waals surface area contributed by atoms with E-state index in [9.17, 15) is 18.0 Å². The molecule has 0 saturated carbocycles. The van der Waals surface area contributed by atoms with E-state index >= 15 is 0 Å². The van der Waals surface area contributed by atoms with E-state index in [4.69, 9.17) is 0 Å². The second kappa shape index (κ2) is 6.05. The molecule has 5 heteroatoms. The largest absolute Gasteiger partial charge is 0.575 e. The lowest BCUT2D eigenvalue weighted by atomic mass is 10.1. The third-order valence-corrected chi connectivity index (χ3v) is 1.97. The summed E-state index contributed by atoms with van der Waals surface area (Å²) >= 11 is 0. The Hall–Kier alpha value is -2.04. The van der Waals surface area contributed by atoms with Crippen molar-refractivity contribution in [2.24, 2.45) is 0 Å². The Bertz CT molecular complexity index is 447. The maximum atomic E-state index is 11.8. The summed E-state index contributed by atoms with van der Waals surface area (Å²) in [6.45, 7) is 3.24. The minimum Gasteiger partial charge on any atom is -0.369 e. The summed E-state index contributed by atoms with van der Waals surface area (Å²) in [4.78, 5) is 10.9. The molecule has 2 nitrogen and oxygen atoms in total. The zero-order chi connectivity index (χ0) is 13.6. The number of halogens is 3. The lowest BCUT2D eigenvalue weighted by Crippen LogP contribution is -2.20. The summed E-state index contributed by atoms with van der Waals surface area (Å²) in [5, 5.41) is 0. The van der Waals surface area contributed by atoms with Crippen LogP contribution in [0.15, 0.2) is 48.6 Å². The van der Waals surface area contributed by atoms with Crippen molar-refractivity contribution in [2.45, 2.75) is 12.8 Å². The van der Waals surface area contributed by atoms with Gasteiger partial charge >= 0.3 is 12.3 Å². The number of benzene rings is 1. The molecule has 96 valence electrons. The number of carbonyl (C=O) groups is 1. The highest BCUT2D eigenvalue weighted by atomic mass is 19.4. The van der Waals surface area contributed by atoms with Crippen LogP contribution in [0.2, 0.25) is 0 Å². The van der Waals surface area contributed by atoms with Gasteiger partial charge in [0.2, 0.25) is 0 Å². The van der Waals surface area contributed by atoms with Gasteiger partial charge in [0.15, 0.2) is 0 Å². The van der Waals surface area contributed by atoms with Gasteiger partial charge in [0.25, 0.3) is 0 Å². The summed E-state index contributed by atoms with van der Waals surface area (Å²) in [6.07, 6.45) is -1.73. The van der Waals surface area contributed by atoms with Crippen molar-refractivity contribution in [3.63, 3.8) is 0 Å². The molecule has 0 bridgehead atoms. The molecule has 0 amide bonds. The van der Waals surface area contributed by atoms with Gasteiger partial charge in [-0.3, -0.25) is 0 Å². The Labute approximate surface area is 102 Å². The van der Waals surface area contributed by atoms with E-state index in [-0.39, 0.29) is 12.0 Å². The van der Waals surface area contributed by atoms with E-state index < -0.39 is 12.3 Å². The van der Waals surface area contributed by atoms with Crippen molar-refractivity contribution in [1.82, 2.24) is 0 Å². The van der Waals surface area contributed by atoms with E-state index in [0.717, 1.165) is 5.56 Å². The highest BCUT2D eigenvalue weighted by molar-refractivity contribution is 5.88. The number of alkyl halides is 3. The minimum absolute atomic E-state index is 0.00378. The quantitative estimate of drug-likeness (QED) is 0.606. The first-order chi connectivity index (χ1) is 8.38. The molecule has 0 unspecified atom stereocenters. The molecule has 0 heterocycles. The van der Waals surface area contributed by atoms with Gasteiger partial charge in [0.05, 0.1) is 0 Å². The molecular formula is C13H11F3O2. The van der Waals surface area contributed by atoms with Crippen LogP contribution in [0.3, 0.4) is 0 Å². The number of rotatable bonds is 4. The molecule has 0 aliphatic heterocycles. The lowest BCUT2D eigenvalue weighted by Gasteiger charge is -2.07. The summed E-state index contributed by atoms with van der Waals surface area (Å²) in [6, 6.07) is 9.15. The maximum absolute atomic E-state index is 11.8. The van der Waals surface area contributed by atoms with Gasteiger partial charge in [0, 0.05) is 5.57 Å². The molecule has 0 saturated heterocycles. The van der Waals surface area contributed by atoms with Crippen LogP contribution in [0, 0.1) is 0 Å². The second-order valence-electron chi connectivity index (χ2n) is 3.46. The molecule has 18 heavy (non-hydrogen) atoms. The van der Waals surface area contributed by atoms with Gasteiger partial charge in [0.1, 0.15) is 0 Å². The van der Waals surface area contributed by atoms with Crippen molar-refractivity contribution in [1.29, 1.82) is 0 Å². The zero-order valence-corrected chi connectivity index (χ0v) is 9.41. The molecule has 0 atom stereocenters. The second-order valence-corrected chi connectivity index (χ2v) is 3.46. The molecule has 0 radical (unpaired) electrons. The fourth-order valence-corrected chi connectivity index (χ4v) is 1.16. The van der Waals surface area contributed by atoms with Crippen LogP contribution >= 0.6 is 0 Å². The average molecular weight is 256 g/mol. The SMILES string of the molecule is C=C(CC=Cc1ccccc1)C(=O)OC(F)(F)F. The van der Waals surface area contributed by atoms with E-state index in [1.54, 1.807) is 12.2 Å². The van der Waals surface area contributed by atoms with Crippen LogP contribution in [0.5, 0.6) is 0 Å². The molecule has 0 spiro atoms. The van der Waals surface area contributed by atoms with E-state index in [1.807, 2.05) is 30.3 Å². The van der Waals surface area contributed by atoms with Crippen LogP contribution in [0.4, 0.5) is 13.2 Å². The number of hydrogen-bond acceptors (Lipinski definition) is 2. The van der Waals surface area contributed by atoms with Crippen LogP contribution in [-0.4, -0.2) is 12.3 Å². The Morgan fingerprint density at radius 2 is 1.89 bits per heavy atom. The van der Waals surface area contributed by atoms with Crippen LogP contribution < -0.4 is 0 Å². The molecule has 0 aromatic heterocycles. The lowest BCUT2D eigenvalue weighted by molar-refractivity contribution is -0.303. The molecule has 0 aliphatic carbocycles. The molecule has 1 aromatic carbocycles. The molecule has 0 N–H and O–H groups in total. The first kappa shape index (κ1) is 14.0. The monoisotopic (exact) mass is 256 g/mol. The third-order valence-electron chi connectivity index (χ3n) is 1.97. The zero-order valence-electron chi connectivity index (χ0n) is 9.41. The van der Waals surface area contributed by atoms with Crippen LogP contribution in [-0.2, 0) is 9.53 Å². The average Bonchev–Trinajstić information content (AvgIpc) is 2.28. The normalized spacial score (nSPS) is 11.5. The molecule has 1 rings (SSSR count). The highest BCUT2D eigenvalue weighted by Crippen LogP contribution is 2.19. The number of ether oxygens (including phenoxy) is 1. The van der Waals surface area contributed by atoms with Gasteiger partial charge in [-0.1, -0.05) is 49.1 Å². The molecule has 1 aromatic rings. The Balaban J connectivity index is 2.47. The van der Waals surface area contributed by atoms with Gasteiger partial charge < -0.3 is 4.74 Å². The first-order valence-electron chi connectivity index (χ1n) is 5.08. The van der Waals surface area contributed by atoms with Crippen LogP contribution in [0.1, 0.15) is 12.0 Å². The Kier molecular flexibility index (Phi) is 4.71. The summed E-state index contributed by atoms with van der Waals surface area (Å²) in [5.74, 6) is -1.46. The van der Waals surface area contributed by atoms with E-state index in [0.29, 0.717) is 0 Å². The fourth-order valence-electron chi connectivity index (χ4n) is 1.16. The van der Waals surface area contributed by atoms with E-state index in [1.165, 1.54) is 0 Å². The van der Waals surface area contributed by atoms with Gasteiger partial charge in [-0.2, -0.15) is 0 Å². The van der Waals surface area contributed by atoms with Crippen molar-refractivity contribution < 1.29 is 22.7 Å². The minimum atomic E-state index is -4.97. The number of allylic oxidation sites excluding steroid dienone is 1.